The van der Waals surface area contributed by atoms with Crippen LogP contribution in [0.15, 0.2) is 16.5 Å². The Labute approximate surface area is 121 Å². The molecule has 1 fully saturated rings. The van der Waals surface area contributed by atoms with Gasteiger partial charge in [-0.25, -0.2) is 0 Å². The summed E-state index contributed by atoms with van der Waals surface area (Å²) in [5.41, 5.74) is 0. The van der Waals surface area contributed by atoms with Crippen molar-refractivity contribution in [2.45, 2.75) is 32.1 Å². The Balaban J connectivity index is 1.61. The molecule has 0 aromatic carbocycles. The van der Waals surface area contributed by atoms with Crippen LogP contribution >= 0.6 is 11.8 Å². The minimum absolute atomic E-state index is 0.707. The maximum Gasteiger partial charge on any atom is 0.117 e. The van der Waals surface area contributed by atoms with E-state index < -0.39 is 0 Å². The first-order chi connectivity index (χ1) is 9.28. The van der Waals surface area contributed by atoms with E-state index in [9.17, 15) is 0 Å². The van der Waals surface area contributed by atoms with Crippen molar-refractivity contribution in [2.24, 2.45) is 5.92 Å². The van der Waals surface area contributed by atoms with Crippen molar-refractivity contribution in [3.8, 4) is 0 Å². The lowest BCUT2D eigenvalue weighted by atomic mass is 10.1. The smallest absolute Gasteiger partial charge is 0.117 e. The molecule has 0 bridgehead atoms. The van der Waals surface area contributed by atoms with E-state index in [0.717, 1.165) is 30.4 Å². The number of rotatable bonds is 8. The molecule has 1 aliphatic heterocycles. The molecule has 0 amide bonds. The molecule has 108 valence electrons. The molecule has 2 rings (SSSR count). The van der Waals surface area contributed by atoms with E-state index in [1.165, 1.54) is 32.5 Å². The van der Waals surface area contributed by atoms with Crippen LogP contribution < -0.4 is 5.32 Å². The number of thioether (sulfide) groups is 1. The zero-order valence-electron chi connectivity index (χ0n) is 12.2. The van der Waals surface area contributed by atoms with E-state index in [1.807, 2.05) is 0 Å². The Bertz CT molecular complexity index is 361. The third kappa shape index (κ3) is 5.21. The standard InChI is InChI=1S/C15H26N2OS/c1-13(11-17-7-3-4-8-17)9-16-10-14-5-6-15(18-14)12-19-2/h5-6,13,16H,3-4,7-12H2,1-2H3. The summed E-state index contributed by atoms with van der Waals surface area (Å²) < 4.78 is 5.75. The van der Waals surface area contributed by atoms with E-state index in [-0.39, 0.29) is 0 Å². The van der Waals surface area contributed by atoms with Gasteiger partial charge >= 0.3 is 0 Å². The van der Waals surface area contributed by atoms with Crippen LogP contribution in [0.25, 0.3) is 0 Å². The highest BCUT2D eigenvalue weighted by atomic mass is 32.2. The largest absolute Gasteiger partial charge is 0.464 e. The molecule has 0 aliphatic carbocycles. The number of nitrogens with zero attached hydrogens (tertiary/aromatic N) is 1. The molecule has 4 heteroatoms. The van der Waals surface area contributed by atoms with Crippen molar-refractivity contribution in [3.05, 3.63) is 23.7 Å². The molecule has 1 atom stereocenters. The number of nitrogens with one attached hydrogen (secondary N) is 1. The minimum Gasteiger partial charge on any atom is -0.464 e. The van der Waals surface area contributed by atoms with Crippen LogP contribution in [-0.2, 0) is 12.3 Å². The molecular weight excluding hydrogens is 256 g/mol. The molecule has 0 radical (unpaired) electrons. The van der Waals surface area contributed by atoms with E-state index in [4.69, 9.17) is 4.42 Å². The first kappa shape index (κ1) is 14.9. The molecule has 0 saturated carbocycles. The second-order valence-electron chi connectivity index (χ2n) is 5.54. The fourth-order valence-corrected chi connectivity index (χ4v) is 3.09. The fourth-order valence-electron chi connectivity index (χ4n) is 2.65. The molecule has 1 saturated heterocycles. The fraction of sp³-hybridized carbons (Fsp3) is 0.733. The number of hydrogen-bond donors (Lipinski definition) is 1. The third-order valence-electron chi connectivity index (χ3n) is 3.56. The van der Waals surface area contributed by atoms with Crippen molar-refractivity contribution < 1.29 is 4.42 Å². The maximum absolute atomic E-state index is 5.75. The van der Waals surface area contributed by atoms with Crippen LogP contribution in [0.2, 0.25) is 0 Å². The summed E-state index contributed by atoms with van der Waals surface area (Å²) >= 11 is 1.79. The van der Waals surface area contributed by atoms with Crippen LogP contribution in [0.5, 0.6) is 0 Å². The van der Waals surface area contributed by atoms with Crippen molar-refractivity contribution in [3.63, 3.8) is 0 Å². The number of hydrogen-bond acceptors (Lipinski definition) is 4. The van der Waals surface area contributed by atoms with Gasteiger partial charge in [0.1, 0.15) is 11.5 Å². The Hall–Kier alpha value is -0.450. The summed E-state index contributed by atoms with van der Waals surface area (Å²) in [6, 6.07) is 4.17. The Morgan fingerprint density at radius 3 is 2.79 bits per heavy atom. The van der Waals surface area contributed by atoms with Gasteiger partial charge in [0.25, 0.3) is 0 Å². The van der Waals surface area contributed by atoms with Gasteiger partial charge in [-0.15, -0.1) is 0 Å². The molecular formula is C15H26N2OS. The highest BCUT2D eigenvalue weighted by Crippen LogP contribution is 2.13. The van der Waals surface area contributed by atoms with Crippen LogP contribution in [0.4, 0.5) is 0 Å². The maximum atomic E-state index is 5.75. The summed E-state index contributed by atoms with van der Waals surface area (Å²) in [6.07, 6.45) is 4.86. The van der Waals surface area contributed by atoms with Crippen molar-refractivity contribution >= 4 is 11.8 Å². The lowest BCUT2D eigenvalue weighted by Crippen LogP contribution is -2.31. The normalized spacial score (nSPS) is 18.0. The van der Waals surface area contributed by atoms with Crippen LogP contribution in [0.1, 0.15) is 31.3 Å². The SMILES string of the molecule is CSCc1ccc(CNCC(C)CN2CCCC2)o1. The molecule has 1 unspecified atom stereocenters. The van der Waals surface area contributed by atoms with Gasteiger partial charge < -0.3 is 14.6 Å². The third-order valence-corrected chi connectivity index (χ3v) is 4.14. The molecule has 19 heavy (non-hydrogen) atoms. The summed E-state index contributed by atoms with van der Waals surface area (Å²) in [5.74, 6) is 3.80. The van der Waals surface area contributed by atoms with Gasteiger partial charge in [0.2, 0.25) is 0 Å². The zero-order chi connectivity index (χ0) is 13.5. The predicted molar refractivity (Wildman–Crippen MR) is 82.5 cm³/mol. The lowest BCUT2D eigenvalue weighted by molar-refractivity contribution is 0.281. The number of furan rings is 1. The van der Waals surface area contributed by atoms with Crippen LogP contribution in [0, 0.1) is 5.92 Å². The first-order valence-electron chi connectivity index (χ1n) is 7.27. The van der Waals surface area contributed by atoms with Crippen LogP contribution in [-0.4, -0.2) is 37.3 Å². The Morgan fingerprint density at radius 1 is 1.32 bits per heavy atom. The van der Waals surface area contributed by atoms with Crippen molar-refractivity contribution in [2.75, 3.05) is 32.4 Å². The molecule has 1 N–H and O–H groups in total. The second-order valence-corrected chi connectivity index (χ2v) is 6.41. The molecule has 3 nitrogen and oxygen atoms in total. The number of likely N-dealkylation sites (tertiary alicyclic amines) is 1. The summed E-state index contributed by atoms with van der Waals surface area (Å²) in [4.78, 5) is 2.58. The van der Waals surface area contributed by atoms with E-state index >= 15 is 0 Å². The summed E-state index contributed by atoms with van der Waals surface area (Å²) in [7, 11) is 0. The monoisotopic (exact) mass is 282 g/mol. The van der Waals surface area contributed by atoms with E-state index in [1.54, 1.807) is 11.8 Å². The van der Waals surface area contributed by atoms with E-state index in [0.29, 0.717) is 5.92 Å². The van der Waals surface area contributed by atoms with Gasteiger partial charge in [-0.05, 0) is 56.8 Å². The average Bonchev–Trinajstić information content (AvgIpc) is 3.02. The first-order valence-corrected chi connectivity index (χ1v) is 8.67. The topological polar surface area (TPSA) is 28.4 Å². The summed E-state index contributed by atoms with van der Waals surface area (Å²) in [6.45, 7) is 8.05. The van der Waals surface area contributed by atoms with Gasteiger partial charge in [-0.1, -0.05) is 6.92 Å². The van der Waals surface area contributed by atoms with Crippen molar-refractivity contribution in [1.29, 1.82) is 0 Å². The molecule has 1 aliphatic rings. The quantitative estimate of drug-likeness (QED) is 0.793. The van der Waals surface area contributed by atoms with Gasteiger partial charge in [0, 0.05) is 6.54 Å². The Morgan fingerprint density at radius 2 is 2.05 bits per heavy atom. The molecule has 1 aromatic rings. The zero-order valence-corrected chi connectivity index (χ0v) is 13.0. The lowest BCUT2D eigenvalue weighted by Gasteiger charge is -2.20. The Kier molecular flexibility index (Phi) is 6.28. The minimum atomic E-state index is 0.707. The highest BCUT2D eigenvalue weighted by molar-refractivity contribution is 7.97. The van der Waals surface area contributed by atoms with Gasteiger partial charge in [-0.3, -0.25) is 0 Å². The average molecular weight is 282 g/mol. The van der Waals surface area contributed by atoms with Gasteiger partial charge in [-0.2, -0.15) is 11.8 Å². The molecule has 2 heterocycles. The molecule has 1 aromatic heterocycles. The second kappa shape index (κ2) is 7.98. The highest BCUT2D eigenvalue weighted by Gasteiger charge is 2.14. The summed E-state index contributed by atoms with van der Waals surface area (Å²) in [5, 5.41) is 3.50. The van der Waals surface area contributed by atoms with Crippen molar-refractivity contribution in [1.82, 2.24) is 10.2 Å². The van der Waals surface area contributed by atoms with Crippen LogP contribution in [0.3, 0.4) is 0 Å². The molecule has 0 spiro atoms. The van der Waals surface area contributed by atoms with Gasteiger partial charge in [0.05, 0.1) is 12.3 Å². The van der Waals surface area contributed by atoms with E-state index in [2.05, 4.69) is 35.5 Å². The predicted octanol–water partition coefficient (Wildman–Crippen LogP) is 2.96. The van der Waals surface area contributed by atoms with Gasteiger partial charge in [0.15, 0.2) is 0 Å².